The van der Waals surface area contributed by atoms with Crippen molar-refractivity contribution in [3.63, 3.8) is 0 Å². The minimum atomic E-state index is -0.174. The van der Waals surface area contributed by atoms with E-state index in [-0.39, 0.29) is 5.91 Å². The number of aromatic nitrogens is 2. The summed E-state index contributed by atoms with van der Waals surface area (Å²) < 4.78 is 5.29. The maximum atomic E-state index is 12.0. The first kappa shape index (κ1) is 16.6. The van der Waals surface area contributed by atoms with E-state index in [4.69, 9.17) is 4.74 Å². The second-order valence-electron chi connectivity index (χ2n) is 5.14. The second kappa shape index (κ2) is 8.65. The highest BCUT2D eigenvalue weighted by Gasteiger charge is 2.12. The SMILES string of the molecule is CCN(CC)c1cnc(C(=O)NCCN2CCOCC2)cn1. The lowest BCUT2D eigenvalue weighted by molar-refractivity contribution is 0.0383. The first-order valence-electron chi connectivity index (χ1n) is 7.89. The highest BCUT2D eigenvalue weighted by molar-refractivity contribution is 5.91. The van der Waals surface area contributed by atoms with Gasteiger partial charge in [0.1, 0.15) is 11.5 Å². The van der Waals surface area contributed by atoms with Crippen molar-refractivity contribution < 1.29 is 9.53 Å². The van der Waals surface area contributed by atoms with Gasteiger partial charge in [-0.2, -0.15) is 0 Å². The lowest BCUT2D eigenvalue weighted by atomic mass is 10.3. The van der Waals surface area contributed by atoms with Gasteiger partial charge in [0.05, 0.1) is 25.6 Å². The monoisotopic (exact) mass is 307 g/mol. The fourth-order valence-electron chi connectivity index (χ4n) is 2.39. The van der Waals surface area contributed by atoms with Crippen LogP contribution < -0.4 is 10.2 Å². The van der Waals surface area contributed by atoms with Crippen LogP contribution in [0.3, 0.4) is 0 Å². The summed E-state index contributed by atoms with van der Waals surface area (Å²) in [6.45, 7) is 10.7. The van der Waals surface area contributed by atoms with Gasteiger partial charge in [-0.3, -0.25) is 9.69 Å². The Bertz CT molecular complexity index is 456. The molecule has 0 spiro atoms. The van der Waals surface area contributed by atoms with E-state index in [1.54, 1.807) is 6.20 Å². The molecule has 7 nitrogen and oxygen atoms in total. The molecule has 1 fully saturated rings. The number of carbonyl (C=O) groups excluding carboxylic acids is 1. The average molecular weight is 307 g/mol. The van der Waals surface area contributed by atoms with Crippen LogP contribution in [0.15, 0.2) is 12.4 Å². The molecule has 0 bridgehead atoms. The molecule has 0 aromatic carbocycles. The van der Waals surface area contributed by atoms with E-state index in [0.29, 0.717) is 12.2 Å². The lowest BCUT2D eigenvalue weighted by Gasteiger charge is -2.26. The van der Waals surface area contributed by atoms with Crippen molar-refractivity contribution in [3.8, 4) is 0 Å². The molecular formula is C15H25N5O2. The Morgan fingerprint density at radius 2 is 2.00 bits per heavy atom. The average Bonchev–Trinajstić information content (AvgIpc) is 2.57. The minimum Gasteiger partial charge on any atom is -0.379 e. The number of carbonyl (C=O) groups is 1. The van der Waals surface area contributed by atoms with E-state index in [2.05, 4.69) is 38.9 Å². The van der Waals surface area contributed by atoms with Crippen molar-refractivity contribution >= 4 is 11.7 Å². The zero-order valence-corrected chi connectivity index (χ0v) is 13.4. The molecule has 0 atom stereocenters. The number of nitrogens with zero attached hydrogens (tertiary/aromatic N) is 4. The van der Waals surface area contributed by atoms with Crippen LogP contribution in [0.1, 0.15) is 24.3 Å². The number of hydrogen-bond acceptors (Lipinski definition) is 6. The molecular weight excluding hydrogens is 282 g/mol. The van der Waals surface area contributed by atoms with Gasteiger partial charge in [-0.1, -0.05) is 0 Å². The van der Waals surface area contributed by atoms with Crippen LogP contribution in [0.5, 0.6) is 0 Å². The summed E-state index contributed by atoms with van der Waals surface area (Å²) >= 11 is 0. The third-order valence-corrected chi connectivity index (χ3v) is 3.78. The van der Waals surface area contributed by atoms with Crippen molar-refractivity contribution in [1.82, 2.24) is 20.2 Å². The number of anilines is 1. The number of hydrogen-bond donors (Lipinski definition) is 1. The molecule has 122 valence electrons. The smallest absolute Gasteiger partial charge is 0.271 e. The normalized spacial score (nSPS) is 15.5. The molecule has 0 saturated carbocycles. The fourth-order valence-corrected chi connectivity index (χ4v) is 2.39. The minimum absolute atomic E-state index is 0.174. The zero-order valence-electron chi connectivity index (χ0n) is 13.4. The Hall–Kier alpha value is -1.73. The van der Waals surface area contributed by atoms with Gasteiger partial charge in [-0.15, -0.1) is 0 Å². The molecule has 0 aliphatic carbocycles. The first-order chi connectivity index (χ1) is 10.7. The van der Waals surface area contributed by atoms with Gasteiger partial charge in [0.25, 0.3) is 5.91 Å². The summed E-state index contributed by atoms with van der Waals surface area (Å²) in [5.74, 6) is 0.627. The van der Waals surface area contributed by atoms with Gasteiger partial charge >= 0.3 is 0 Å². The number of morpholine rings is 1. The number of rotatable bonds is 7. The number of ether oxygens (including phenoxy) is 1. The number of amides is 1. The third-order valence-electron chi connectivity index (χ3n) is 3.78. The Labute approximate surface area is 131 Å². The molecule has 2 rings (SSSR count). The van der Waals surface area contributed by atoms with E-state index in [1.165, 1.54) is 6.20 Å². The molecule has 22 heavy (non-hydrogen) atoms. The molecule has 1 amide bonds. The predicted molar refractivity (Wildman–Crippen MR) is 85.2 cm³/mol. The van der Waals surface area contributed by atoms with Crippen molar-refractivity contribution in [3.05, 3.63) is 18.1 Å². The summed E-state index contributed by atoms with van der Waals surface area (Å²) in [5, 5.41) is 2.89. The molecule has 1 aromatic heterocycles. The second-order valence-corrected chi connectivity index (χ2v) is 5.14. The molecule has 1 N–H and O–H groups in total. The van der Waals surface area contributed by atoms with E-state index >= 15 is 0 Å². The molecule has 7 heteroatoms. The maximum Gasteiger partial charge on any atom is 0.271 e. The van der Waals surface area contributed by atoms with Crippen LogP contribution in [0.2, 0.25) is 0 Å². The molecule has 2 heterocycles. The van der Waals surface area contributed by atoms with Gasteiger partial charge in [0.15, 0.2) is 0 Å². The Morgan fingerprint density at radius 1 is 1.27 bits per heavy atom. The maximum absolute atomic E-state index is 12.0. The van der Waals surface area contributed by atoms with Gasteiger partial charge in [0, 0.05) is 39.3 Å². The predicted octanol–water partition coefficient (Wildman–Crippen LogP) is 0.385. The summed E-state index contributed by atoms with van der Waals surface area (Å²) in [6, 6.07) is 0. The topological polar surface area (TPSA) is 70.6 Å². The van der Waals surface area contributed by atoms with Gasteiger partial charge in [0.2, 0.25) is 0 Å². The van der Waals surface area contributed by atoms with Crippen LogP contribution >= 0.6 is 0 Å². The third kappa shape index (κ3) is 4.64. The standard InChI is InChI=1S/C15H25N5O2/c1-3-20(4-2)14-12-17-13(11-18-14)15(21)16-5-6-19-7-9-22-10-8-19/h11-12H,3-10H2,1-2H3,(H,16,21). The van der Waals surface area contributed by atoms with Crippen LogP contribution in [-0.2, 0) is 4.74 Å². The Morgan fingerprint density at radius 3 is 2.59 bits per heavy atom. The van der Waals surface area contributed by atoms with E-state index in [9.17, 15) is 4.79 Å². The van der Waals surface area contributed by atoms with Crippen molar-refractivity contribution in [1.29, 1.82) is 0 Å². The first-order valence-corrected chi connectivity index (χ1v) is 7.89. The van der Waals surface area contributed by atoms with Crippen LogP contribution in [0.4, 0.5) is 5.82 Å². The van der Waals surface area contributed by atoms with Gasteiger partial charge in [-0.05, 0) is 13.8 Å². The quantitative estimate of drug-likeness (QED) is 0.785. The number of nitrogens with one attached hydrogen (secondary N) is 1. The van der Waals surface area contributed by atoms with Crippen LogP contribution in [0.25, 0.3) is 0 Å². The molecule has 1 aliphatic rings. The summed E-state index contributed by atoms with van der Waals surface area (Å²) in [5.41, 5.74) is 0.359. The highest BCUT2D eigenvalue weighted by Crippen LogP contribution is 2.08. The van der Waals surface area contributed by atoms with Crippen LogP contribution in [-0.4, -0.2) is 73.3 Å². The molecule has 1 aliphatic heterocycles. The molecule has 1 saturated heterocycles. The molecule has 1 aromatic rings. The zero-order chi connectivity index (χ0) is 15.8. The summed E-state index contributed by atoms with van der Waals surface area (Å²) in [7, 11) is 0. The Balaban J connectivity index is 1.79. The highest BCUT2D eigenvalue weighted by atomic mass is 16.5. The lowest BCUT2D eigenvalue weighted by Crippen LogP contribution is -2.41. The van der Waals surface area contributed by atoms with E-state index < -0.39 is 0 Å². The Kier molecular flexibility index (Phi) is 6.54. The summed E-state index contributed by atoms with van der Waals surface area (Å²) in [6.07, 6.45) is 3.20. The fraction of sp³-hybridized carbons (Fsp3) is 0.667. The summed E-state index contributed by atoms with van der Waals surface area (Å²) in [4.78, 5) is 24.9. The molecule has 0 unspecified atom stereocenters. The van der Waals surface area contributed by atoms with E-state index in [0.717, 1.165) is 51.8 Å². The van der Waals surface area contributed by atoms with Gasteiger partial charge in [-0.25, -0.2) is 9.97 Å². The largest absolute Gasteiger partial charge is 0.379 e. The van der Waals surface area contributed by atoms with E-state index in [1.807, 2.05) is 0 Å². The van der Waals surface area contributed by atoms with Crippen molar-refractivity contribution in [2.24, 2.45) is 0 Å². The van der Waals surface area contributed by atoms with Crippen LogP contribution in [0, 0.1) is 0 Å². The van der Waals surface area contributed by atoms with Crippen molar-refractivity contribution in [2.45, 2.75) is 13.8 Å². The van der Waals surface area contributed by atoms with Gasteiger partial charge < -0.3 is 15.0 Å². The van der Waals surface area contributed by atoms with Crippen molar-refractivity contribution in [2.75, 3.05) is 57.4 Å². The molecule has 0 radical (unpaired) electrons.